The van der Waals surface area contributed by atoms with Crippen LogP contribution in [0.3, 0.4) is 0 Å². The molecule has 0 aromatic heterocycles. The molecule has 0 bridgehead atoms. The molecular weight excluding hydrogens is 316 g/mol. The lowest BCUT2D eigenvalue weighted by molar-refractivity contribution is -0.0610. The fourth-order valence-corrected chi connectivity index (χ4v) is 4.61. The summed E-state index contributed by atoms with van der Waals surface area (Å²) < 4.78 is 11.3. The number of hydrogen-bond acceptors (Lipinski definition) is 3. The van der Waals surface area contributed by atoms with Crippen molar-refractivity contribution < 1.29 is 14.3 Å². The van der Waals surface area contributed by atoms with Gasteiger partial charge < -0.3 is 14.8 Å². The van der Waals surface area contributed by atoms with E-state index in [1.807, 2.05) is 11.0 Å². The average Bonchev–Trinajstić information content (AvgIpc) is 2.90. The van der Waals surface area contributed by atoms with Gasteiger partial charge in [0.1, 0.15) is 0 Å². The van der Waals surface area contributed by atoms with Crippen LogP contribution >= 0.6 is 0 Å². The number of anilines is 1. The zero-order valence-corrected chi connectivity index (χ0v) is 15.2. The van der Waals surface area contributed by atoms with Crippen molar-refractivity contribution in [1.82, 2.24) is 5.32 Å². The SMILES string of the molecule is CC1(C)C[C@@H](NC(=O)N2CC3(CCOCC3)c3ccccc32)CCO1. The van der Waals surface area contributed by atoms with Crippen molar-refractivity contribution in [2.45, 2.75) is 56.6 Å². The summed E-state index contributed by atoms with van der Waals surface area (Å²) in [5.41, 5.74) is 2.26. The van der Waals surface area contributed by atoms with Gasteiger partial charge in [-0.25, -0.2) is 4.79 Å². The number of ether oxygens (including phenoxy) is 2. The standard InChI is InChI=1S/C20H28N2O3/c1-19(2)13-15(7-10-25-19)21-18(23)22-14-20(8-11-24-12-9-20)16-5-3-4-6-17(16)22/h3-6,15H,7-14H2,1-2H3,(H,21,23)/t15-/m0/s1. The second kappa shape index (κ2) is 6.29. The molecule has 2 amide bonds. The Morgan fingerprint density at radius 1 is 1.20 bits per heavy atom. The molecular formula is C20H28N2O3. The third kappa shape index (κ3) is 3.15. The van der Waals surface area contributed by atoms with Gasteiger partial charge in [0.25, 0.3) is 0 Å². The Kier molecular flexibility index (Phi) is 4.24. The Balaban J connectivity index is 1.53. The molecule has 1 N–H and O–H groups in total. The van der Waals surface area contributed by atoms with E-state index in [-0.39, 0.29) is 23.1 Å². The van der Waals surface area contributed by atoms with Crippen molar-refractivity contribution in [3.8, 4) is 0 Å². The molecule has 5 heteroatoms. The van der Waals surface area contributed by atoms with Gasteiger partial charge in [0.15, 0.2) is 0 Å². The Hall–Kier alpha value is -1.59. The van der Waals surface area contributed by atoms with Crippen molar-refractivity contribution >= 4 is 11.7 Å². The Bertz CT molecular complexity index is 652. The number of benzene rings is 1. The molecule has 4 rings (SSSR count). The van der Waals surface area contributed by atoms with Crippen LogP contribution in [0.25, 0.3) is 0 Å². The molecule has 1 spiro atoms. The van der Waals surface area contributed by atoms with Crippen LogP contribution in [-0.4, -0.2) is 44.0 Å². The first-order valence-corrected chi connectivity index (χ1v) is 9.38. The van der Waals surface area contributed by atoms with Crippen molar-refractivity contribution in [1.29, 1.82) is 0 Å². The number of fused-ring (bicyclic) bond motifs is 2. The van der Waals surface area contributed by atoms with Gasteiger partial charge >= 0.3 is 6.03 Å². The maximum absolute atomic E-state index is 13.1. The highest BCUT2D eigenvalue weighted by Crippen LogP contribution is 2.46. The number of urea groups is 1. The van der Waals surface area contributed by atoms with Gasteiger partial charge in [-0.15, -0.1) is 0 Å². The van der Waals surface area contributed by atoms with E-state index in [0.29, 0.717) is 6.61 Å². The highest BCUT2D eigenvalue weighted by Gasteiger charge is 2.45. The number of nitrogens with one attached hydrogen (secondary N) is 1. The van der Waals surface area contributed by atoms with Crippen LogP contribution in [0.2, 0.25) is 0 Å². The number of carbonyl (C=O) groups is 1. The second-order valence-electron chi connectivity index (χ2n) is 8.24. The molecule has 25 heavy (non-hydrogen) atoms. The van der Waals surface area contributed by atoms with E-state index >= 15 is 0 Å². The van der Waals surface area contributed by atoms with Crippen molar-refractivity contribution in [2.24, 2.45) is 0 Å². The van der Waals surface area contributed by atoms with Crippen molar-refractivity contribution in [3.05, 3.63) is 29.8 Å². The van der Waals surface area contributed by atoms with E-state index < -0.39 is 0 Å². The van der Waals surface area contributed by atoms with E-state index in [2.05, 4.69) is 37.4 Å². The second-order valence-corrected chi connectivity index (χ2v) is 8.24. The number of carbonyl (C=O) groups excluding carboxylic acids is 1. The Labute approximate surface area is 149 Å². The number of rotatable bonds is 1. The number of hydrogen-bond donors (Lipinski definition) is 1. The van der Waals surface area contributed by atoms with Gasteiger partial charge in [-0.2, -0.15) is 0 Å². The molecule has 3 heterocycles. The zero-order valence-electron chi connectivity index (χ0n) is 15.2. The van der Waals surface area contributed by atoms with Gasteiger partial charge in [0, 0.05) is 43.5 Å². The summed E-state index contributed by atoms with van der Waals surface area (Å²) in [5, 5.41) is 3.26. The molecule has 0 radical (unpaired) electrons. The van der Waals surface area contributed by atoms with Crippen LogP contribution in [0.5, 0.6) is 0 Å². The van der Waals surface area contributed by atoms with Crippen LogP contribution in [0, 0.1) is 0 Å². The predicted molar refractivity (Wildman–Crippen MR) is 97.1 cm³/mol. The van der Waals surface area contributed by atoms with Crippen molar-refractivity contribution in [2.75, 3.05) is 31.3 Å². The largest absolute Gasteiger partial charge is 0.381 e. The van der Waals surface area contributed by atoms with Crippen LogP contribution in [0.4, 0.5) is 10.5 Å². The molecule has 5 nitrogen and oxygen atoms in total. The van der Waals surface area contributed by atoms with Gasteiger partial charge in [0.05, 0.1) is 5.60 Å². The van der Waals surface area contributed by atoms with Crippen LogP contribution < -0.4 is 10.2 Å². The number of para-hydroxylation sites is 1. The van der Waals surface area contributed by atoms with Gasteiger partial charge in [-0.05, 0) is 51.2 Å². The lowest BCUT2D eigenvalue weighted by atomic mass is 9.76. The molecule has 0 aliphatic carbocycles. The first kappa shape index (κ1) is 16.9. The minimum atomic E-state index is -0.166. The minimum absolute atomic E-state index is 0.0264. The summed E-state index contributed by atoms with van der Waals surface area (Å²) in [5.74, 6) is 0. The summed E-state index contributed by atoms with van der Waals surface area (Å²) in [4.78, 5) is 15.0. The normalized spacial score (nSPS) is 27.1. The van der Waals surface area contributed by atoms with E-state index in [1.54, 1.807) is 0 Å². The third-order valence-corrected chi connectivity index (χ3v) is 5.95. The molecule has 2 fully saturated rings. The number of amides is 2. The van der Waals surface area contributed by atoms with Gasteiger partial charge in [0.2, 0.25) is 0 Å². The summed E-state index contributed by atoms with van der Waals surface area (Å²) >= 11 is 0. The topological polar surface area (TPSA) is 50.8 Å². The average molecular weight is 344 g/mol. The highest BCUT2D eigenvalue weighted by molar-refractivity contribution is 5.95. The monoisotopic (exact) mass is 344 g/mol. The molecule has 1 aromatic rings. The Morgan fingerprint density at radius 2 is 1.96 bits per heavy atom. The van der Waals surface area contributed by atoms with Gasteiger partial charge in [-0.3, -0.25) is 4.90 Å². The zero-order chi connectivity index (χ0) is 17.5. The molecule has 136 valence electrons. The summed E-state index contributed by atoms with van der Waals surface area (Å²) in [6.45, 7) is 7.20. The molecule has 3 aliphatic rings. The molecule has 0 unspecified atom stereocenters. The minimum Gasteiger partial charge on any atom is -0.381 e. The molecule has 0 saturated carbocycles. The highest BCUT2D eigenvalue weighted by atomic mass is 16.5. The van der Waals surface area contributed by atoms with Crippen LogP contribution in [0.15, 0.2) is 24.3 Å². The van der Waals surface area contributed by atoms with Crippen LogP contribution in [-0.2, 0) is 14.9 Å². The summed E-state index contributed by atoms with van der Waals surface area (Å²) in [7, 11) is 0. The molecule has 1 atom stereocenters. The quantitative estimate of drug-likeness (QED) is 0.851. The maximum atomic E-state index is 13.1. The fraction of sp³-hybridized carbons (Fsp3) is 0.650. The maximum Gasteiger partial charge on any atom is 0.322 e. The van der Waals surface area contributed by atoms with Crippen molar-refractivity contribution in [3.63, 3.8) is 0 Å². The van der Waals surface area contributed by atoms with E-state index in [9.17, 15) is 4.79 Å². The molecule has 2 saturated heterocycles. The smallest absolute Gasteiger partial charge is 0.322 e. The van der Waals surface area contributed by atoms with Gasteiger partial charge in [-0.1, -0.05) is 18.2 Å². The third-order valence-electron chi connectivity index (χ3n) is 5.95. The lowest BCUT2D eigenvalue weighted by Gasteiger charge is -2.37. The summed E-state index contributed by atoms with van der Waals surface area (Å²) in [6, 6.07) is 8.57. The van der Waals surface area contributed by atoms with E-state index in [0.717, 1.165) is 51.1 Å². The molecule has 3 aliphatic heterocycles. The summed E-state index contributed by atoms with van der Waals surface area (Å²) in [6.07, 6.45) is 3.70. The van der Waals surface area contributed by atoms with E-state index in [4.69, 9.17) is 9.47 Å². The first-order chi connectivity index (χ1) is 12.0. The first-order valence-electron chi connectivity index (χ1n) is 9.38. The lowest BCUT2D eigenvalue weighted by Crippen LogP contribution is -2.51. The fourth-order valence-electron chi connectivity index (χ4n) is 4.61. The predicted octanol–water partition coefficient (Wildman–Crippen LogP) is 3.22. The van der Waals surface area contributed by atoms with Crippen LogP contribution in [0.1, 0.15) is 45.1 Å². The molecule has 1 aromatic carbocycles. The number of nitrogens with zero attached hydrogens (tertiary/aromatic N) is 1. The van der Waals surface area contributed by atoms with E-state index in [1.165, 1.54) is 5.56 Å². The Morgan fingerprint density at radius 3 is 2.72 bits per heavy atom.